The lowest BCUT2D eigenvalue weighted by molar-refractivity contribution is -0.123. The molecule has 0 unspecified atom stereocenters. The normalized spacial score (nSPS) is 11.2. The Morgan fingerprint density at radius 2 is 1.96 bits per heavy atom. The Balaban J connectivity index is 1.89. The van der Waals surface area contributed by atoms with E-state index in [2.05, 4.69) is 33.4 Å². The van der Waals surface area contributed by atoms with Crippen molar-refractivity contribution in [2.75, 3.05) is 6.61 Å². The van der Waals surface area contributed by atoms with Gasteiger partial charge in [-0.2, -0.15) is 5.10 Å². The molecular weight excluding hydrogens is 372 g/mol. The zero-order valence-electron chi connectivity index (χ0n) is 13.5. The summed E-state index contributed by atoms with van der Waals surface area (Å²) in [5, 5.41) is 13.3. The van der Waals surface area contributed by atoms with E-state index in [1.165, 1.54) is 5.56 Å². The zero-order chi connectivity index (χ0) is 17.5. The summed E-state index contributed by atoms with van der Waals surface area (Å²) in [5.41, 5.74) is 5.09. The van der Waals surface area contributed by atoms with Crippen LogP contribution in [0.3, 0.4) is 0 Å². The predicted molar refractivity (Wildman–Crippen MR) is 97.5 cm³/mol. The molecule has 0 aromatic heterocycles. The Morgan fingerprint density at radius 3 is 2.58 bits per heavy atom. The van der Waals surface area contributed by atoms with Gasteiger partial charge in [-0.1, -0.05) is 13.0 Å². The molecule has 5 nitrogen and oxygen atoms in total. The number of ether oxygens (including phenoxy) is 1. The number of benzene rings is 2. The van der Waals surface area contributed by atoms with E-state index in [0.29, 0.717) is 11.5 Å². The molecule has 0 saturated carbocycles. The largest absolute Gasteiger partial charge is 0.508 e. The Kier molecular flexibility index (Phi) is 6.37. The number of amides is 1. The van der Waals surface area contributed by atoms with Gasteiger partial charge in [-0.25, -0.2) is 5.43 Å². The molecule has 6 heteroatoms. The number of nitrogens with zero attached hydrogens (tertiary/aromatic N) is 1. The van der Waals surface area contributed by atoms with Crippen molar-refractivity contribution < 1.29 is 14.6 Å². The molecule has 0 fully saturated rings. The number of phenolic OH excluding ortho intramolecular Hbond substituents is 1. The van der Waals surface area contributed by atoms with Crippen LogP contribution in [-0.2, 0) is 11.2 Å². The van der Waals surface area contributed by atoms with E-state index < -0.39 is 0 Å². The third-order valence-electron chi connectivity index (χ3n) is 3.40. The first-order valence-corrected chi connectivity index (χ1v) is 8.32. The highest BCUT2D eigenvalue weighted by Gasteiger charge is 2.06. The summed E-state index contributed by atoms with van der Waals surface area (Å²) in [4.78, 5) is 11.8. The third kappa shape index (κ3) is 5.09. The van der Waals surface area contributed by atoms with E-state index in [1.807, 2.05) is 18.2 Å². The summed E-state index contributed by atoms with van der Waals surface area (Å²) >= 11 is 3.43. The van der Waals surface area contributed by atoms with Gasteiger partial charge in [-0.3, -0.25) is 4.79 Å². The van der Waals surface area contributed by atoms with Gasteiger partial charge in [0.15, 0.2) is 6.61 Å². The van der Waals surface area contributed by atoms with Crippen molar-refractivity contribution in [2.45, 2.75) is 20.3 Å². The van der Waals surface area contributed by atoms with E-state index in [1.54, 1.807) is 31.2 Å². The molecule has 24 heavy (non-hydrogen) atoms. The third-order valence-corrected chi connectivity index (χ3v) is 4.02. The minimum atomic E-state index is -0.348. The first-order valence-electron chi connectivity index (χ1n) is 7.53. The van der Waals surface area contributed by atoms with E-state index in [-0.39, 0.29) is 18.3 Å². The van der Waals surface area contributed by atoms with Gasteiger partial charge in [0.05, 0.1) is 10.2 Å². The molecule has 1 amide bonds. The Hall–Kier alpha value is -2.34. The van der Waals surface area contributed by atoms with Crippen LogP contribution in [0.1, 0.15) is 25.0 Å². The summed E-state index contributed by atoms with van der Waals surface area (Å²) in [5.74, 6) is 0.449. The fourth-order valence-corrected chi connectivity index (χ4v) is 2.51. The molecule has 0 spiro atoms. The van der Waals surface area contributed by atoms with Crippen LogP contribution in [0.5, 0.6) is 11.5 Å². The van der Waals surface area contributed by atoms with Crippen molar-refractivity contribution in [1.82, 2.24) is 5.43 Å². The molecule has 0 saturated heterocycles. The van der Waals surface area contributed by atoms with Gasteiger partial charge in [0, 0.05) is 0 Å². The Labute approximate surface area is 149 Å². The lowest BCUT2D eigenvalue weighted by Gasteiger charge is -2.09. The van der Waals surface area contributed by atoms with Gasteiger partial charge in [-0.15, -0.1) is 0 Å². The molecule has 126 valence electrons. The number of hydrogen-bond donors (Lipinski definition) is 2. The van der Waals surface area contributed by atoms with Gasteiger partial charge in [0.1, 0.15) is 11.5 Å². The zero-order valence-corrected chi connectivity index (χ0v) is 15.1. The summed E-state index contributed by atoms with van der Waals surface area (Å²) in [7, 11) is 0. The minimum Gasteiger partial charge on any atom is -0.508 e. The number of rotatable bonds is 6. The standard InChI is InChI=1S/C18H19BrN2O3/c1-3-13-4-9-17(16(19)10-13)24-11-18(23)21-20-12(2)14-5-7-15(22)8-6-14/h4-10,22H,3,11H2,1-2H3,(H,21,23). The van der Waals surface area contributed by atoms with Crippen molar-refractivity contribution in [1.29, 1.82) is 0 Å². The van der Waals surface area contributed by atoms with Gasteiger partial charge >= 0.3 is 0 Å². The second-order valence-corrected chi connectivity index (χ2v) is 6.04. The second-order valence-electron chi connectivity index (χ2n) is 5.19. The summed E-state index contributed by atoms with van der Waals surface area (Å²) in [6, 6.07) is 12.4. The highest BCUT2D eigenvalue weighted by molar-refractivity contribution is 9.10. The molecule has 0 atom stereocenters. The van der Waals surface area contributed by atoms with Gasteiger partial charge in [0.2, 0.25) is 0 Å². The first kappa shape index (κ1) is 18.0. The lowest BCUT2D eigenvalue weighted by Crippen LogP contribution is -2.25. The average molecular weight is 391 g/mol. The van der Waals surface area contributed by atoms with Crippen LogP contribution in [0.25, 0.3) is 0 Å². The number of nitrogens with one attached hydrogen (secondary N) is 1. The van der Waals surface area contributed by atoms with E-state index >= 15 is 0 Å². The van der Waals surface area contributed by atoms with Crippen LogP contribution in [-0.4, -0.2) is 23.3 Å². The maximum Gasteiger partial charge on any atom is 0.277 e. The molecule has 0 bridgehead atoms. The van der Waals surface area contributed by atoms with Crippen LogP contribution in [0.4, 0.5) is 0 Å². The van der Waals surface area contributed by atoms with Crippen molar-refractivity contribution in [3.63, 3.8) is 0 Å². The Morgan fingerprint density at radius 1 is 1.25 bits per heavy atom. The van der Waals surface area contributed by atoms with Gasteiger partial charge < -0.3 is 9.84 Å². The van der Waals surface area contributed by atoms with E-state index in [9.17, 15) is 9.90 Å². The topological polar surface area (TPSA) is 70.9 Å². The maximum absolute atomic E-state index is 11.8. The van der Waals surface area contributed by atoms with E-state index in [4.69, 9.17) is 4.74 Å². The fraction of sp³-hybridized carbons (Fsp3) is 0.222. The fourth-order valence-electron chi connectivity index (χ4n) is 1.97. The van der Waals surface area contributed by atoms with Crippen molar-refractivity contribution in [2.24, 2.45) is 5.10 Å². The number of carbonyl (C=O) groups excluding carboxylic acids is 1. The number of carbonyl (C=O) groups is 1. The molecule has 0 aliphatic heterocycles. The number of hydrogen-bond acceptors (Lipinski definition) is 4. The van der Waals surface area contributed by atoms with Crippen molar-refractivity contribution in [3.8, 4) is 11.5 Å². The molecule has 0 heterocycles. The molecule has 0 radical (unpaired) electrons. The summed E-state index contributed by atoms with van der Waals surface area (Å²) < 4.78 is 6.31. The van der Waals surface area contributed by atoms with Crippen molar-refractivity contribution in [3.05, 3.63) is 58.1 Å². The monoisotopic (exact) mass is 390 g/mol. The molecule has 2 N–H and O–H groups in total. The maximum atomic E-state index is 11.8. The number of halogens is 1. The number of hydrazone groups is 1. The average Bonchev–Trinajstić information content (AvgIpc) is 2.59. The van der Waals surface area contributed by atoms with Crippen molar-refractivity contribution >= 4 is 27.5 Å². The summed E-state index contributed by atoms with van der Waals surface area (Å²) in [6.07, 6.45) is 0.935. The SMILES string of the molecule is CCc1ccc(OCC(=O)NN=C(C)c2ccc(O)cc2)c(Br)c1. The summed E-state index contributed by atoms with van der Waals surface area (Å²) in [6.45, 7) is 3.72. The molecule has 0 aliphatic rings. The number of phenols is 1. The minimum absolute atomic E-state index is 0.129. The first-order chi connectivity index (χ1) is 11.5. The number of aromatic hydroxyl groups is 1. The molecule has 2 aromatic carbocycles. The molecule has 0 aliphatic carbocycles. The van der Waals surface area contributed by atoms with Gasteiger partial charge in [0.25, 0.3) is 5.91 Å². The van der Waals surface area contributed by atoms with Crippen LogP contribution in [0, 0.1) is 0 Å². The lowest BCUT2D eigenvalue weighted by atomic mass is 10.1. The molecular formula is C18H19BrN2O3. The van der Waals surface area contributed by atoms with Gasteiger partial charge in [-0.05, 0) is 76.8 Å². The van der Waals surface area contributed by atoms with Crippen LogP contribution in [0.2, 0.25) is 0 Å². The number of aryl methyl sites for hydroxylation is 1. The smallest absolute Gasteiger partial charge is 0.277 e. The highest BCUT2D eigenvalue weighted by Crippen LogP contribution is 2.26. The van der Waals surface area contributed by atoms with Crippen LogP contribution < -0.4 is 10.2 Å². The highest BCUT2D eigenvalue weighted by atomic mass is 79.9. The molecule has 2 rings (SSSR count). The van der Waals surface area contributed by atoms with E-state index in [0.717, 1.165) is 16.5 Å². The van der Waals surface area contributed by atoms with Crippen LogP contribution in [0.15, 0.2) is 52.0 Å². The van der Waals surface area contributed by atoms with Crippen LogP contribution >= 0.6 is 15.9 Å². The second kappa shape index (κ2) is 8.49. The predicted octanol–water partition coefficient (Wildman–Crippen LogP) is 3.64. The molecule has 2 aromatic rings. The quantitative estimate of drug-likeness (QED) is 0.584. The Bertz CT molecular complexity index is 742.